The van der Waals surface area contributed by atoms with Gasteiger partial charge in [-0.15, -0.1) is 0 Å². The third-order valence-corrected chi connectivity index (χ3v) is 3.02. The summed E-state index contributed by atoms with van der Waals surface area (Å²) in [5.41, 5.74) is 9.60. The van der Waals surface area contributed by atoms with Gasteiger partial charge in [-0.2, -0.15) is 0 Å². The number of rotatable bonds is 4. The summed E-state index contributed by atoms with van der Waals surface area (Å²) in [7, 11) is 0. The molecule has 0 radical (unpaired) electrons. The zero-order valence-electron chi connectivity index (χ0n) is 10.9. The summed E-state index contributed by atoms with van der Waals surface area (Å²) in [5, 5.41) is 0. The number of aryl methyl sites for hydroxylation is 2. The Bertz CT molecular complexity index is 505. The maximum Gasteiger partial charge on any atom is 0.122 e. The van der Waals surface area contributed by atoms with Crippen molar-refractivity contribution in [3.05, 3.63) is 65.2 Å². The van der Waals surface area contributed by atoms with Crippen LogP contribution in [0.4, 0.5) is 0 Å². The topological polar surface area (TPSA) is 35.2 Å². The zero-order valence-corrected chi connectivity index (χ0v) is 10.9. The average Bonchev–Trinajstić information content (AvgIpc) is 2.38. The lowest BCUT2D eigenvalue weighted by Gasteiger charge is -2.15. The van der Waals surface area contributed by atoms with Crippen molar-refractivity contribution in [3.63, 3.8) is 0 Å². The van der Waals surface area contributed by atoms with Crippen molar-refractivity contribution >= 4 is 0 Å². The first kappa shape index (κ1) is 12.7. The Morgan fingerprint density at radius 1 is 1.00 bits per heavy atom. The molecule has 94 valence electrons. The molecule has 0 spiro atoms. The smallest absolute Gasteiger partial charge is 0.122 e. The SMILES string of the molecule is Cc1ccc(C(N)COc2ccccc2C)cc1. The van der Waals surface area contributed by atoms with Crippen molar-refractivity contribution in [3.8, 4) is 5.75 Å². The number of benzene rings is 2. The van der Waals surface area contributed by atoms with Gasteiger partial charge in [-0.25, -0.2) is 0 Å². The van der Waals surface area contributed by atoms with Crippen molar-refractivity contribution < 1.29 is 4.74 Å². The molecule has 18 heavy (non-hydrogen) atoms. The molecule has 0 amide bonds. The van der Waals surface area contributed by atoms with E-state index in [2.05, 4.69) is 31.2 Å². The predicted octanol–water partition coefficient (Wildman–Crippen LogP) is 3.38. The second-order valence-electron chi connectivity index (χ2n) is 4.59. The minimum absolute atomic E-state index is 0.0924. The van der Waals surface area contributed by atoms with Crippen molar-refractivity contribution in [2.75, 3.05) is 6.61 Å². The van der Waals surface area contributed by atoms with E-state index in [1.807, 2.05) is 31.2 Å². The maximum atomic E-state index is 6.12. The molecule has 0 saturated heterocycles. The summed E-state index contributed by atoms with van der Waals surface area (Å²) in [6.45, 7) is 4.60. The molecule has 0 saturated carbocycles. The van der Waals surface area contributed by atoms with Crippen LogP contribution in [0.3, 0.4) is 0 Å². The van der Waals surface area contributed by atoms with Crippen LogP contribution in [0.1, 0.15) is 22.7 Å². The van der Waals surface area contributed by atoms with Crippen LogP contribution in [-0.2, 0) is 0 Å². The molecule has 0 aliphatic heterocycles. The number of nitrogens with two attached hydrogens (primary N) is 1. The van der Waals surface area contributed by atoms with Gasteiger partial charge in [0, 0.05) is 0 Å². The molecule has 0 fully saturated rings. The van der Waals surface area contributed by atoms with Crippen LogP contribution in [-0.4, -0.2) is 6.61 Å². The highest BCUT2D eigenvalue weighted by Gasteiger charge is 2.07. The van der Waals surface area contributed by atoms with E-state index in [0.717, 1.165) is 16.9 Å². The third kappa shape index (κ3) is 3.11. The molecule has 2 rings (SSSR count). The van der Waals surface area contributed by atoms with Gasteiger partial charge in [0.1, 0.15) is 12.4 Å². The lowest BCUT2D eigenvalue weighted by Crippen LogP contribution is -2.19. The number of hydrogen-bond donors (Lipinski definition) is 1. The molecule has 2 aromatic rings. The normalized spacial score (nSPS) is 12.2. The first-order valence-corrected chi connectivity index (χ1v) is 6.17. The predicted molar refractivity (Wildman–Crippen MR) is 74.8 cm³/mol. The fraction of sp³-hybridized carbons (Fsp3) is 0.250. The molecule has 0 aliphatic carbocycles. The van der Waals surface area contributed by atoms with Gasteiger partial charge in [0.05, 0.1) is 6.04 Å². The Morgan fingerprint density at radius 2 is 1.67 bits per heavy atom. The molecule has 0 bridgehead atoms. The molecule has 1 atom stereocenters. The van der Waals surface area contributed by atoms with Crippen molar-refractivity contribution in [1.82, 2.24) is 0 Å². The van der Waals surface area contributed by atoms with Gasteiger partial charge in [0.2, 0.25) is 0 Å². The quantitative estimate of drug-likeness (QED) is 0.890. The van der Waals surface area contributed by atoms with Gasteiger partial charge in [-0.1, -0.05) is 48.0 Å². The third-order valence-electron chi connectivity index (χ3n) is 3.02. The van der Waals surface area contributed by atoms with Crippen molar-refractivity contribution in [2.24, 2.45) is 5.73 Å². The lowest BCUT2D eigenvalue weighted by molar-refractivity contribution is 0.289. The van der Waals surface area contributed by atoms with E-state index in [4.69, 9.17) is 10.5 Å². The second-order valence-corrected chi connectivity index (χ2v) is 4.59. The first-order chi connectivity index (χ1) is 8.66. The molecule has 2 heteroatoms. The Labute approximate surface area is 108 Å². The van der Waals surface area contributed by atoms with E-state index in [1.165, 1.54) is 5.56 Å². The number of para-hydroxylation sites is 1. The summed E-state index contributed by atoms with van der Waals surface area (Å²) in [5.74, 6) is 0.903. The van der Waals surface area contributed by atoms with Crippen LogP contribution >= 0.6 is 0 Å². The molecular weight excluding hydrogens is 222 g/mol. The summed E-state index contributed by atoms with van der Waals surface area (Å²) in [4.78, 5) is 0. The molecule has 2 nitrogen and oxygen atoms in total. The van der Waals surface area contributed by atoms with Gasteiger partial charge in [0.15, 0.2) is 0 Å². The lowest BCUT2D eigenvalue weighted by atomic mass is 10.1. The molecule has 1 unspecified atom stereocenters. The van der Waals surface area contributed by atoms with Crippen molar-refractivity contribution in [2.45, 2.75) is 19.9 Å². The Kier molecular flexibility index (Phi) is 4.00. The minimum Gasteiger partial charge on any atom is -0.491 e. The van der Waals surface area contributed by atoms with E-state index in [-0.39, 0.29) is 6.04 Å². The molecule has 2 N–H and O–H groups in total. The average molecular weight is 241 g/mol. The second kappa shape index (κ2) is 5.69. The number of hydrogen-bond acceptors (Lipinski definition) is 2. The van der Waals surface area contributed by atoms with Gasteiger partial charge in [-0.05, 0) is 31.0 Å². The zero-order chi connectivity index (χ0) is 13.0. The number of ether oxygens (including phenoxy) is 1. The van der Waals surface area contributed by atoms with E-state index in [0.29, 0.717) is 6.61 Å². The van der Waals surface area contributed by atoms with Crippen LogP contribution in [0.5, 0.6) is 5.75 Å². The van der Waals surface area contributed by atoms with Gasteiger partial charge >= 0.3 is 0 Å². The summed E-state index contributed by atoms with van der Waals surface area (Å²) in [6.07, 6.45) is 0. The fourth-order valence-electron chi connectivity index (χ4n) is 1.81. The minimum atomic E-state index is -0.0924. The summed E-state index contributed by atoms with van der Waals surface area (Å²) in [6, 6.07) is 16.1. The maximum absolute atomic E-state index is 6.12. The van der Waals surface area contributed by atoms with Crippen LogP contribution < -0.4 is 10.5 Å². The standard InChI is InChI=1S/C16H19NO/c1-12-7-9-14(10-8-12)15(17)11-18-16-6-4-3-5-13(16)2/h3-10,15H,11,17H2,1-2H3. The van der Waals surface area contributed by atoms with E-state index in [9.17, 15) is 0 Å². The highest BCUT2D eigenvalue weighted by atomic mass is 16.5. The van der Waals surface area contributed by atoms with Crippen LogP contribution in [0.2, 0.25) is 0 Å². The Balaban J connectivity index is 1.98. The van der Waals surface area contributed by atoms with Crippen LogP contribution in [0, 0.1) is 13.8 Å². The Morgan fingerprint density at radius 3 is 2.33 bits per heavy atom. The molecular formula is C16H19NO. The summed E-state index contributed by atoms with van der Waals surface area (Å²) >= 11 is 0. The highest BCUT2D eigenvalue weighted by Crippen LogP contribution is 2.18. The summed E-state index contributed by atoms with van der Waals surface area (Å²) < 4.78 is 5.76. The monoisotopic (exact) mass is 241 g/mol. The Hall–Kier alpha value is -1.80. The van der Waals surface area contributed by atoms with Gasteiger partial charge in [0.25, 0.3) is 0 Å². The van der Waals surface area contributed by atoms with E-state index < -0.39 is 0 Å². The molecule has 0 heterocycles. The molecule has 0 aliphatic rings. The van der Waals surface area contributed by atoms with Gasteiger partial charge in [-0.3, -0.25) is 0 Å². The van der Waals surface area contributed by atoms with E-state index >= 15 is 0 Å². The van der Waals surface area contributed by atoms with Crippen LogP contribution in [0.25, 0.3) is 0 Å². The fourth-order valence-corrected chi connectivity index (χ4v) is 1.81. The van der Waals surface area contributed by atoms with E-state index in [1.54, 1.807) is 0 Å². The van der Waals surface area contributed by atoms with Crippen molar-refractivity contribution in [1.29, 1.82) is 0 Å². The van der Waals surface area contributed by atoms with Crippen LogP contribution in [0.15, 0.2) is 48.5 Å². The molecule has 0 aromatic heterocycles. The first-order valence-electron chi connectivity index (χ1n) is 6.17. The molecule has 2 aromatic carbocycles. The highest BCUT2D eigenvalue weighted by molar-refractivity contribution is 5.32. The van der Waals surface area contributed by atoms with Gasteiger partial charge < -0.3 is 10.5 Å². The largest absolute Gasteiger partial charge is 0.491 e.